The summed E-state index contributed by atoms with van der Waals surface area (Å²) in [6.07, 6.45) is 0. The molecule has 0 saturated heterocycles. The minimum atomic E-state index is -1.43. The lowest BCUT2D eigenvalue weighted by molar-refractivity contribution is 0.386. The molecule has 18 heavy (non-hydrogen) atoms. The Kier molecular flexibility index (Phi) is 3.27. The average molecular weight is 336 g/mol. The molecule has 1 aromatic heterocycles. The number of nitrogens with one attached hydrogen (secondary N) is 1. The molecular weight excluding hydrogens is 330 g/mol. The molecule has 1 aromatic carbocycles. The number of benzene rings is 1. The zero-order chi connectivity index (χ0) is 13.4. The van der Waals surface area contributed by atoms with Crippen molar-refractivity contribution >= 4 is 27.5 Å². The monoisotopic (exact) mass is 334 g/mol. The number of rotatable bonds is 1. The Labute approximate surface area is 113 Å². The van der Waals surface area contributed by atoms with Gasteiger partial charge in [0.2, 0.25) is 11.7 Å². The summed E-state index contributed by atoms with van der Waals surface area (Å²) < 4.78 is 14.3. The number of H-pyrrole nitrogens is 1. The van der Waals surface area contributed by atoms with Gasteiger partial charge in [-0.2, -0.15) is 4.39 Å². The molecule has 0 bridgehead atoms. The maximum atomic E-state index is 13.2. The maximum absolute atomic E-state index is 13.2. The van der Waals surface area contributed by atoms with Gasteiger partial charge in [-0.1, -0.05) is 11.6 Å². The van der Waals surface area contributed by atoms with Crippen molar-refractivity contribution in [3.63, 3.8) is 0 Å². The first-order chi connectivity index (χ1) is 8.41. The third-order valence-corrected chi connectivity index (χ3v) is 3.41. The second-order valence-electron chi connectivity index (χ2n) is 3.33. The van der Waals surface area contributed by atoms with Crippen molar-refractivity contribution in [2.24, 2.45) is 0 Å². The van der Waals surface area contributed by atoms with Crippen LogP contribution in [0.2, 0.25) is 5.02 Å². The summed E-state index contributed by atoms with van der Waals surface area (Å²) in [7, 11) is 0. The predicted molar refractivity (Wildman–Crippen MR) is 67.0 cm³/mol. The Bertz CT molecular complexity index is 741. The smallest absolute Gasteiger partial charge is 0.335 e. The maximum Gasteiger partial charge on any atom is 0.335 e. The van der Waals surface area contributed by atoms with Gasteiger partial charge < -0.3 is 5.11 Å². The van der Waals surface area contributed by atoms with Crippen LogP contribution in [-0.4, -0.2) is 14.7 Å². The molecule has 0 radical (unpaired) electrons. The van der Waals surface area contributed by atoms with Gasteiger partial charge >= 0.3 is 5.69 Å². The van der Waals surface area contributed by atoms with Crippen molar-refractivity contribution in [3.05, 3.63) is 54.3 Å². The Balaban J connectivity index is 2.79. The molecule has 0 aliphatic rings. The summed E-state index contributed by atoms with van der Waals surface area (Å²) in [6, 6.07) is 4.25. The van der Waals surface area contributed by atoms with Crippen molar-refractivity contribution in [1.29, 1.82) is 0 Å². The van der Waals surface area contributed by atoms with E-state index in [0.717, 1.165) is 0 Å². The van der Waals surface area contributed by atoms with Crippen LogP contribution < -0.4 is 11.2 Å². The van der Waals surface area contributed by atoms with E-state index in [1.807, 2.05) is 0 Å². The van der Waals surface area contributed by atoms with Gasteiger partial charge in [-0.05, 0) is 34.1 Å². The zero-order valence-corrected chi connectivity index (χ0v) is 10.9. The summed E-state index contributed by atoms with van der Waals surface area (Å²) >= 11 is 8.91. The fourth-order valence-electron chi connectivity index (χ4n) is 1.37. The molecule has 2 aromatic rings. The van der Waals surface area contributed by atoms with Crippen molar-refractivity contribution in [3.8, 4) is 11.6 Å². The van der Waals surface area contributed by atoms with Crippen molar-refractivity contribution < 1.29 is 9.50 Å². The minimum absolute atomic E-state index is 0.156. The summed E-state index contributed by atoms with van der Waals surface area (Å²) in [5.74, 6) is -2.49. The lowest BCUT2D eigenvalue weighted by atomic mass is 10.3. The van der Waals surface area contributed by atoms with Crippen LogP contribution in [0.25, 0.3) is 5.69 Å². The van der Waals surface area contributed by atoms with Crippen LogP contribution >= 0.6 is 27.5 Å². The standard InChI is InChI=1S/C10H5BrClFN2O3/c11-5-3-4(1-2-6(5)12)15-9(17)7(13)8(16)14-10(15)18/h1-3,17H,(H,14,16,18). The summed E-state index contributed by atoms with van der Waals surface area (Å²) in [4.78, 5) is 24.2. The number of aromatic nitrogens is 2. The Hall–Kier alpha value is -1.60. The minimum Gasteiger partial charge on any atom is -0.492 e. The van der Waals surface area contributed by atoms with Crippen molar-refractivity contribution in [2.75, 3.05) is 0 Å². The van der Waals surface area contributed by atoms with E-state index in [0.29, 0.717) is 14.1 Å². The van der Waals surface area contributed by atoms with Gasteiger partial charge in [-0.3, -0.25) is 9.78 Å². The molecule has 2 N–H and O–H groups in total. The third kappa shape index (κ3) is 2.06. The molecule has 0 saturated carbocycles. The highest BCUT2D eigenvalue weighted by Crippen LogP contribution is 2.26. The van der Waals surface area contributed by atoms with E-state index < -0.39 is 22.9 Å². The number of nitrogens with zero attached hydrogens (tertiary/aromatic N) is 1. The highest BCUT2D eigenvalue weighted by molar-refractivity contribution is 9.10. The van der Waals surface area contributed by atoms with Crippen LogP contribution in [0, 0.1) is 5.82 Å². The fourth-order valence-corrected chi connectivity index (χ4v) is 1.85. The summed E-state index contributed by atoms with van der Waals surface area (Å²) in [5.41, 5.74) is -2.07. The number of aromatic amines is 1. The lowest BCUT2D eigenvalue weighted by Crippen LogP contribution is -2.30. The number of halogens is 3. The van der Waals surface area contributed by atoms with E-state index in [1.165, 1.54) is 18.2 Å². The third-order valence-electron chi connectivity index (χ3n) is 2.19. The first-order valence-corrected chi connectivity index (χ1v) is 5.78. The number of hydrogen-bond donors (Lipinski definition) is 2. The topological polar surface area (TPSA) is 75.1 Å². The van der Waals surface area contributed by atoms with E-state index in [4.69, 9.17) is 11.6 Å². The van der Waals surface area contributed by atoms with Crippen LogP contribution in [0.3, 0.4) is 0 Å². The van der Waals surface area contributed by atoms with Gasteiger partial charge in [0, 0.05) is 4.47 Å². The summed E-state index contributed by atoms with van der Waals surface area (Å²) in [5, 5.41) is 9.88. The Morgan fingerprint density at radius 1 is 1.39 bits per heavy atom. The van der Waals surface area contributed by atoms with Gasteiger partial charge in [-0.15, -0.1) is 0 Å². The van der Waals surface area contributed by atoms with Crippen molar-refractivity contribution in [1.82, 2.24) is 9.55 Å². The Morgan fingerprint density at radius 2 is 2.06 bits per heavy atom. The quantitative estimate of drug-likeness (QED) is 0.834. The molecule has 1 heterocycles. The normalized spacial score (nSPS) is 10.6. The molecule has 8 heteroatoms. The van der Waals surface area contributed by atoms with Crippen molar-refractivity contribution in [2.45, 2.75) is 0 Å². The highest BCUT2D eigenvalue weighted by atomic mass is 79.9. The van der Waals surface area contributed by atoms with Crippen LogP contribution in [0.5, 0.6) is 5.88 Å². The van der Waals surface area contributed by atoms with Gasteiger partial charge in [0.1, 0.15) is 0 Å². The van der Waals surface area contributed by atoms with E-state index in [9.17, 15) is 19.1 Å². The van der Waals surface area contributed by atoms with Gasteiger partial charge in [-0.25, -0.2) is 9.36 Å². The molecule has 0 spiro atoms. The molecule has 2 rings (SSSR count). The first-order valence-electron chi connectivity index (χ1n) is 4.61. The number of hydrogen-bond acceptors (Lipinski definition) is 3. The van der Waals surface area contributed by atoms with E-state index >= 15 is 0 Å². The number of aromatic hydroxyl groups is 1. The predicted octanol–water partition coefficient (Wildman–Crippen LogP) is 1.79. The molecule has 0 aliphatic carbocycles. The lowest BCUT2D eigenvalue weighted by Gasteiger charge is -2.08. The second kappa shape index (κ2) is 4.58. The van der Waals surface area contributed by atoms with E-state index in [-0.39, 0.29) is 5.69 Å². The van der Waals surface area contributed by atoms with Crippen LogP contribution in [-0.2, 0) is 0 Å². The molecular formula is C10H5BrClFN2O3. The molecule has 0 fully saturated rings. The Morgan fingerprint density at radius 3 is 2.67 bits per heavy atom. The van der Waals surface area contributed by atoms with Crippen LogP contribution in [0.1, 0.15) is 0 Å². The molecule has 94 valence electrons. The van der Waals surface area contributed by atoms with Gasteiger partial charge in [0.15, 0.2) is 0 Å². The molecule has 0 unspecified atom stereocenters. The van der Waals surface area contributed by atoms with Crippen LogP contribution in [0.4, 0.5) is 4.39 Å². The molecule has 0 aliphatic heterocycles. The summed E-state index contributed by atoms with van der Waals surface area (Å²) in [6.45, 7) is 0. The van der Waals surface area contributed by atoms with E-state index in [1.54, 1.807) is 4.98 Å². The average Bonchev–Trinajstić information content (AvgIpc) is 2.31. The van der Waals surface area contributed by atoms with Gasteiger partial charge in [0.05, 0.1) is 10.7 Å². The molecule has 0 atom stereocenters. The van der Waals surface area contributed by atoms with Gasteiger partial charge in [0.25, 0.3) is 5.56 Å². The SMILES string of the molecule is O=c1[nH]c(=O)n(-c2ccc(Cl)c(Br)c2)c(O)c1F. The first kappa shape index (κ1) is 12.8. The van der Waals surface area contributed by atoms with E-state index in [2.05, 4.69) is 15.9 Å². The fraction of sp³-hybridized carbons (Fsp3) is 0. The molecule has 0 amide bonds. The highest BCUT2D eigenvalue weighted by Gasteiger charge is 2.15. The zero-order valence-electron chi connectivity index (χ0n) is 8.58. The molecule has 5 nitrogen and oxygen atoms in total. The second-order valence-corrected chi connectivity index (χ2v) is 4.59. The largest absolute Gasteiger partial charge is 0.492 e. The van der Waals surface area contributed by atoms with Crippen LogP contribution in [0.15, 0.2) is 32.3 Å².